The molecule has 0 bridgehead atoms. The standard InChI is InChI=1S/C11H21NO5S/c1-6-9(18(14,15)16)12-10(7(2)3)17-11(13)8(4)5/h7,9-10,12H,4,6H2,1-3,5H3,(H,14,15,16). The van der Waals surface area contributed by atoms with Crippen LogP contribution in [0.5, 0.6) is 0 Å². The van der Waals surface area contributed by atoms with E-state index in [0.29, 0.717) is 0 Å². The molecule has 2 N–H and O–H groups in total. The van der Waals surface area contributed by atoms with Gasteiger partial charge >= 0.3 is 5.97 Å². The van der Waals surface area contributed by atoms with Crippen LogP contribution in [-0.2, 0) is 19.6 Å². The van der Waals surface area contributed by atoms with Gasteiger partial charge in [-0.25, -0.2) is 13.2 Å². The van der Waals surface area contributed by atoms with Crippen LogP contribution in [0.2, 0.25) is 0 Å². The molecule has 2 unspecified atom stereocenters. The smallest absolute Gasteiger partial charge is 0.337 e. The third-order valence-corrected chi connectivity index (χ3v) is 3.66. The molecule has 0 aliphatic heterocycles. The lowest BCUT2D eigenvalue weighted by molar-refractivity contribution is -0.740. The molecule has 0 aliphatic carbocycles. The van der Waals surface area contributed by atoms with Gasteiger partial charge in [0, 0.05) is 17.9 Å². The molecule has 0 aliphatic rings. The molecule has 0 aromatic heterocycles. The van der Waals surface area contributed by atoms with Gasteiger partial charge in [-0.2, -0.15) is 0 Å². The minimum atomic E-state index is -4.42. The Morgan fingerprint density at radius 2 is 1.94 bits per heavy atom. The summed E-state index contributed by atoms with van der Waals surface area (Å²) in [4.78, 5) is 11.4. The highest BCUT2D eigenvalue weighted by Gasteiger charge is 2.28. The van der Waals surface area contributed by atoms with Crippen molar-refractivity contribution >= 4 is 16.1 Å². The number of rotatable bonds is 7. The molecule has 6 nitrogen and oxygen atoms in total. The number of carbonyl (C=O) groups is 1. The lowest BCUT2D eigenvalue weighted by atomic mass is 10.2. The lowest BCUT2D eigenvalue weighted by Gasteiger charge is -2.25. The van der Waals surface area contributed by atoms with Gasteiger partial charge in [-0.3, -0.25) is 5.32 Å². The summed E-state index contributed by atoms with van der Waals surface area (Å²) in [6.07, 6.45) is -0.567. The quantitative estimate of drug-likeness (QED) is 0.304. The Morgan fingerprint density at radius 1 is 1.44 bits per heavy atom. The predicted octanol–water partition coefficient (Wildman–Crippen LogP) is -0.0675. The Kier molecular flexibility index (Phi) is 6.51. The highest BCUT2D eigenvalue weighted by Crippen LogP contribution is 2.04. The van der Waals surface area contributed by atoms with E-state index >= 15 is 0 Å². The number of hydrogen-bond donors (Lipinski definition) is 1. The molecule has 2 atom stereocenters. The van der Waals surface area contributed by atoms with Crippen molar-refractivity contribution in [3.8, 4) is 0 Å². The van der Waals surface area contributed by atoms with Gasteiger partial charge in [-0.15, -0.1) is 0 Å². The van der Waals surface area contributed by atoms with E-state index in [1.54, 1.807) is 20.8 Å². The van der Waals surface area contributed by atoms with E-state index in [1.807, 2.05) is 0 Å². The molecule has 0 spiro atoms. The van der Waals surface area contributed by atoms with Crippen LogP contribution in [0.3, 0.4) is 0 Å². The fourth-order valence-electron chi connectivity index (χ4n) is 1.27. The average Bonchev–Trinajstić information content (AvgIpc) is 2.21. The van der Waals surface area contributed by atoms with E-state index < -0.39 is 27.7 Å². The van der Waals surface area contributed by atoms with Gasteiger partial charge in [0.15, 0.2) is 5.37 Å². The van der Waals surface area contributed by atoms with E-state index in [9.17, 15) is 17.8 Å². The van der Waals surface area contributed by atoms with Crippen LogP contribution in [0.25, 0.3) is 0 Å². The third-order valence-electron chi connectivity index (χ3n) is 2.43. The number of esters is 1. The third kappa shape index (κ3) is 5.61. The molecule has 18 heavy (non-hydrogen) atoms. The molecular formula is C11H21NO5S. The summed E-state index contributed by atoms with van der Waals surface area (Å²) >= 11 is 0. The summed E-state index contributed by atoms with van der Waals surface area (Å²) in [5.41, 5.74) is 0.229. The second-order valence-electron chi connectivity index (χ2n) is 4.53. The highest BCUT2D eigenvalue weighted by molar-refractivity contribution is 7.86. The number of quaternary nitrogens is 1. The van der Waals surface area contributed by atoms with E-state index in [-0.39, 0.29) is 17.9 Å². The predicted molar refractivity (Wildman–Crippen MR) is 65.2 cm³/mol. The van der Waals surface area contributed by atoms with Crippen LogP contribution < -0.4 is 5.32 Å². The second-order valence-corrected chi connectivity index (χ2v) is 6.12. The number of ether oxygens (including phenoxy) is 1. The van der Waals surface area contributed by atoms with E-state index in [2.05, 4.69) is 6.58 Å². The summed E-state index contributed by atoms with van der Waals surface area (Å²) < 4.78 is 38.1. The van der Waals surface area contributed by atoms with Crippen molar-refractivity contribution in [1.82, 2.24) is 0 Å². The number of nitrogens with two attached hydrogens (primary N) is 1. The van der Waals surface area contributed by atoms with Gasteiger partial charge in [-0.1, -0.05) is 27.4 Å². The van der Waals surface area contributed by atoms with Gasteiger partial charge in [0.2, 0.25) is 6.23 Å². The summed E-state index contributed by atoms with van der Waals surface area (Å²) in [7, 11) is -4.42. The highest BCUT2D eigenvalue weighted by atomic mass is 32.2. The minimum Gasteiger partial charge on any atom is -0.743 e. The monoisotopic (exact) mass is 279 g/mol. The van der Waals surface area contributed by atoms with Crippen molar-refractivity contribution < 1.29 is 27.8 Å². The van der Waals surface area contributed by atoms with E-state index in [1.165, 1.54) is 12.2 Å². The van der Waals surface area contributed by atoms with E-state index in [4.69, 9.17) is 4.74 Å². The maximum absolute atomic E-state index is 11.4. The van der Waals surface area contributed by atoms with Gasteiger partial charge < -0.3 is 9.29 Å². The van der Waals surface area contributed by atoms with Gasteiger partial charge in [0.05, 0.1) is 0 Å². The normalized spacial score (nSPS) is 15.2. The summed E-state index contributed by atoms with van der Waals surface area (Å²) in [6.45, 7) is 10.1. The van der Waals surface area contributed by atoms with Crippen molar-refractivity contribution in [2.75, 3.05) is 0 Å². The first kappa shape index (κ1) is 17.1. The van der Waals surface area contributed by atoms with Crippen molar-refractivity contribution in [1.29, 1.82) is 0 Å². The van der Waals surface area contributed by atoms with Gasteiger partial charge in [0.1, 0.15) is 10.1 Å². The molecule has 0 rings (SSSR count). The zero-order chi connectivity index (χ0) is 14.5. The molecule has 0 aromatic carbocycles. The van der Waals surface area contributed by atoms with Crippen molar-refractivity contribution in [3.63, 3.8) is 0 Å². The summed E-state index contributed by atoms with van der Waals surface area (Å²) in [5, 5.41) is 0.135. The fraction of sp³-hybridized carbons (Fsp3) is 0.727. The molecule has 106 valence electrons. The van der Waals surface area contributed by atoms with Crippen molar-refractivity contribution in [2.45, 2.75) is 45.7 Å². The van der Waals surface area contributed by atoms with Crippen LogP contribution in [0, 0.1) is 5.92 Å². The zero-order valence-corrected chi connectivity index (χ0v) is 12.0. The topological polar surface area (TPSA) is 100 Å². The summed E-state index contributed by atoms with van der Waals surface area (Å²) in [5.74, 6) is -0.716. The molecule has 0 radical (unpaired) electrons. The van der Waals surface area contributed by atoms with Gasteiger partial charge in [-0.05, 0) is 6.92 Å². The number of hydrogen-bond acceptors (Lipinski definition) is 5. The Balaban J connectivity index is 4.83. The first-order chi connectivity index (χ1) is 8.09. The minimum absolute atomic E-state index is 0.121. The van der Waals surface area contributed by atoms with Crippen LogP contribution >= 0.6 is 0 Å². The fourth-order valence-corrected chi connectivity index (χ4v) is 2.03. The van der Waals surface area contributed by atoms with Crippen molar-refractivity contribution in [2.24, 2.45) is 5.92 Å². The molecule has 0 saturated carbocycles. The first-order valence-electron chi connectivity index (χ1n) is 5.75. The Morgan fingerprint density at radius 3 is 2.22 bits per heavy atom. The van der Waals surface area contributed by atoms with Crippen LogP contribution in [0.1, 0.15) is 34.1 Å². The van der Waals surface area contributed by atoms with E-state index in [0.717, 1.165) is 0 Å². The molecule has 7 heteroatoms. The lowest BCUT2D eigenvalue weighted by Crippen LogP contribution is -2.98. The molecule has 0 fully saturated rings. The first-order valence-corrected chi connectivity index (χ1v) is 7.22. The van der Waals surface area contributed by atoms with Crippen LogP contribution in [0.4, 0.5) is 0 Å². The van der Waals surface area contributed by atoms with Crippen molar-refractivity contribution in [3.05, 3.63) is 12.2 Å². The number of carbonyl (C=O) groups excluding carboxylic acids is 1. The van der Waals surface area contributed by atoms with Crippen LogP contribution in [0.15, 0.2) is 12.2 Å². The maximum Gasteiger partial charge on any atom is 0.337 e. The molecular weight excluding hydrogens is 258 g/mol. The average molecular weight is 279 g/mol. The summed E-state index contributed by atoms with van der Waals surface area (Å²) in [6, 6.07) is 0. The SMILES string of the molecule is C=C(C)C(=O)OC([NH2+]C(CC)S(=O)(=O)[O-])C(C)C. The molecule has 0 saturated heterocycles. The second kappa shape index (κ2) is 6.86. The largest absolute Gasteiger partial charge is 0.743 e. The Hall–Kier alpha value is -0.920. The molecule has 0 amide bonds. The molecule has 0 aromatic rings. The molecule has 0 heterocycles. The van der Waals surface area contributed by atoms with Gasteiger partial charge in [0.25, 0.3) is 0 Å². The zero-order valence-electron chi connectivity index (χ0n) is 11.2. The van der Waals surface area contributed by atoms with Crippen LogP contribution in [-0.4, -0.2) is 30.5 Å². The maximum atomic E-state index is 11.4. The Labute approximate surface area is 108 Å². The Bertz CT molecular complexity index is 402.